The Morgan fingerprint density at radius 1 is 1.56 bits per heavy atom. The van der Waals surface area contributed by atoms with Gasteiger partial charge in [-0.05, 0) is 0 Å². The molecule has 0 saturated heterocycles. The molecule has 0 unspecified atom stereocenters. The predicted molar refractivity (Wildman–Crippen MR) is 31.5 cm³/mol. The third-order valence-corrected chi connectivity index (χ3v) is 1.13. The van der Waals surface area contributed by atoms with E-state index in [9.17, 15) is 13.2 Å². The molecule has 0 N–H and O–H groups in total. The lowest BCUT2D eigenvalue weighted by atomic mass is 10.5. The lowest BCUT2D eigenvalue weighted by Gasteiger charge is -1.93. The van der Waals surface area contributed by atoms with E-state index in [1.807, 2.05) is 0 Å². The molecule has 0 heterocycles. The van der Waals surface area contributed by atoms with Gasteiger partial charge in [-0.1, -0.05) is 0 Å². The zero-order chi connectivity index (χ0) is 7.33. The molecular weight excluding hydrogens is 144 g/mol. The Bertz CT molecular complexity index is 169. The molecule has 0 bridgehead atoms. The second-order valence-electron chi connectivity index (χ2n) is 1.48. The molecule has 0 aromatic carbocycles. The molecular formula is C4H8O4S. The summed E-state index contributed by atoms with van der Waals surface area (Å²) in [6.45, 7) is -0.0532. The summed E-state index contributed by atoms with van der Waals surface area (Å²) < 4.78 is 24.5. The number of carbonyl (C=O) groups is 1. The molecule has 0 aromatic heterocycles. The first-order valence-corrected chi connectivity index (χ1v) is 4.16. The van der Waals surface area contributed by atoms with Gasteiger partial charge >= 0.3 is 0 Å². The van der Waals surface area contributed by atoms with E-state index < -0.39 is 10.1 Å². The van der Waals surface area contributed by atoms with Crippen LogP contribution < -0.4 is 0 Å². The molecule has 0 rings (SSSR count). The Kier molecular flexibility index (Phi) is 3.41. The number of hydrogen-bond donors (Lipinski definition) is 0. The van der Waals surface area contributed by atoms with Crippen molar-refractivity contribution in [3.63, 3.8) is 0 Å². The molecule has 5 heteroatoms. The van der Waals surface area contributed by atoms with Crippen molar-refractivity contribution >= 4 is 16.4 Å². The highest BCUT2D eigenvalue weighted by atomic mass is 32.2. The Hall–Kier alpha value is -0.420. The van der Waals surface area contributed by atoms with Crippen LogP contribution in [-0.2, 0) is 19.1 Å². The van der Waals surface area contributed by atoms with E-state index in [0.717, 1.165) is 6.26 Å². The first kappa shape index (κ1) is 8.58. The molecule has 9 heavy (non-hydrogen) atoms. The van der Waals surface area contributed by atoms with Crippen molar-refractivity contribution in [1.82, 2.24) is 0 Å². The fourth-order valence-corrected chi connectivity index (χ4v) is 0.647. The Labute approximate surface area is 53.9 Å². The largest absolute Gasteiger partial charge is 0.303 e. The molecule has 0 fully saturated rings. The number of hydrogen-bond acceptors (Lipinski definition) is 4. The summed E-state index contributed by atoms with van der Waals surface area (Å²) in [6, 6.07) is 0. The molecule has 0 amide bonds. The summed E-state index contributed by atoms with van der Waals surface area (Å²) in [5.74, 6) is 0. The summed E-state index contributed by atoms with van der Waals surface area (Å²) >= 11 is 0. The average Bonchev–Trinajstić information content (AvgIpc) is 1.63. The number of aldehydes is 1. The Balaban J connectivity index is 3.40. The number of rotatable bonds is 4. The SMILES string of the molecule is CS(=O)(=O)OCCC=O. The van der Waals surface area contributed by atoms with Crippen molar-refractivity contribution in [1.29, 1.82) is 0 Å². The quantitative estimate of drug-likeness (QED) is 0.311. The topological polar surface area (TPSA) is 60.4 Å². The molecule has 0 aliphatic heterocycles. The minimum atomic E-state index is -3.36. The first-order chi connectivity index (χ1) is 4.06. The van der Waals surface area contributed by atoms with Crippen LogP contribution in [0.2, 0.25) is 0 Å². The smallest absolute Gasteiger partial charge is 0.264 e. The molecule has 0 aromatic rings. The van der Waals surface area contributed by atoms with E-state index in [-0.39, 0.29) is 13.0 Å². The van der Waals surface area contributed by atoms with Gasteiger partial charge in [0.2, 0.25) is 0 Å². The van der Waals surface area contributed by atoms with Crippen LogP contribution in [0.4, 0.5) is 0 Å². The van der Waals surface area contributed by atoms with E-state index in [0.29, 0.717) is 6.29 Å². The highest BCUT2D eigenvalue weighted by Gasteiger charge is 1.98. The summed E-state index contributed by atoms with van der Waals surface area (Å²) in [6.07, 6.45) is 1.66. The molecule has 0 saturated carbocycles. The van der Waals surface area contributed by atoms with E-state index >= 15 is 0 Å². The molecule has 0 aliphatic rings. The van der Waals surface area contributed by atoms with Gasteiger partial charge in [0.25, 0.3) is 10.1 Å². The van der Waals surface area contributed by atoms with E-state index in [2.05, 4.69) is 4.18 Å². The summed E-state index contributed by atoms with van der Waals surface area (Å²) in [5, 5.41) is 0. The summed E-state index contributed by atoms with van der Waals surface area (Å²) in [5.41, 5.74) is 0. The average molecular weight is 152 g/mol. The Morgan fingerprint density at radius 2 is 2.11 bits per heavy atom. The zero-order valence-electron chi connectivity index (χ0n) is 5.03. The van der Waals surface area contributed by atoms with Crippen LogP contribution in [0.1, 0.15) is 6.42 Å². The normalized spacial score (nSPS) is 11.2. The second-order valence-corrected chi connectivity index (χ2v) is 3.13. The van der Waals surface area contributed by atoms with Gasteiger partial charge in [-0.3, -0.25) is 4.18 Å². The summed E-state index contributed by atoms with van der Waals surface area (Å²) in [4.78, 5) is 9.62. The van der Waals surface area contributed by atoms with Gasteiger partial charge in [0.05, 0.1) is 12.9 Å². The maximum absolute atomic E-state index is 10.2. The van der Waals surface area contributed by atoms with Crippen molar-refractivity contribution < 1.29 is 17.4 Å². The van der Waals surface area contributed by atoms with Crippen LogP contribution >= 0.6 is 0 Å². The molecule has 0 aliphatic carbocycles. The van der Waals surface area contributed by atoms with E-state index in [1.165, 1.54) is 0 Å². The van der Waals surface area contributed by atoms with Gasteiger partial charge in [0.1, 0.15) is 6.29 Å². The van der Waals surface area contributed by atoms with Crippen molar-refractivity contribution in [2.24, 2.45) is 0 Å². The summed E-state index contributed by atoms with van der Waals surface area (Å²) in [7, 11) is -3.36. The van der Waals surface area contributed by atoms with Crippen LogP contribution in [0.15, 0.2) is 0 Å². The van der Waals surface area contributed by atoms with Crippen molar-refractivity contribution in [3.8, 4) is 0 Å². The lowest BCUT2D eigenvalue weighted by Crippen LogP contribution is -2.03. The zero-order valence-corrected chi connectivity index (χ0v) is 5.85. The fourth-order valence-electron chi connectivity index (χ4n) is 0.248. The fraction of sp³-hybridized carbons (Fsp3) is 0.750. The monoisotopic (exact) mass is 152 g/mol. The highest BCUT2D eigenvalue weighted by molar-refractivity contribution is 7.85. The van der Waals surface area contributed by atoms with Gasteiger partial charge in [-0.25, -0.2) is 0 Å². The van der Waals surface area contributed by atoms with Crippen molar-refractivity contribution in [2.45, 2.75) is 6.42 Å². The number of carbonyl (C=O) groups excluding carboxylic acids is 1. The standard InChI is InChI=1S/C4H8O4S/c1-9(6,7)8-4-2-3-5/h3H,2,4H2,1H3. The van der Waals surface area contributed by atoms with Crippen LogP contribution in [0, 0.1) is 0 Å². The van der Waals surface area contributed by atoms with Crippen LogP contribution in [0.3, 0.4) is 0 Å². The third kappa shape index (κ3) is 7.58. The predicted octanol–water partition coefficient (Wildman–Crippen LogP) is -0.448. The molecule has 0 atom stereocenters. The Morgan fingerprint density at radius 3 is 2.44 bits per heavy atom. The van der Waals surface area contributed by atoms with Crippen LogP contribution in [0.25, 0.3) is 0 Å². The van der Waals surface area contributed by atoms with Gasteiger partial charge in [-0.15, -0.1) is 0 Å². The third-order valence-electron chi connectivity index (χ3n) is 0.533. The molecule has 54 valence electrons. The highest BCUT2D eigenvalue weighted by Crippen LogP contribution is 1.86. The van der Waals surface area contributed by atoms with Crippen LogP contribution in [-0.4, -0.2) is 27.6 Å². The second kappa shape index (κ2) is 3.58. The lowest BCUT2D eigenvalue weighted by molar-refractivity contribution is -0.108. The first-order valence-electron chi connectivity index (χ1n) is 2.34. The molecule has 0 spiro atoms. The maximum Gasteiger partial charge on any atom is 0.264 e. The maximum atomic E-state index is 10.2. The molecule has 0 radical (unpaired) electrons. The van der Waals surface area contributed by atoms with Gasteiger partial charge in [0, 0.05) is 6.42 Å². The van der Waals surface area contributed by atoms with Crippen molar-refractivity contribution in [3.05, 3.63) is 0 Å². The minimum Gasteiger partial charge on any atom is -0.303 e. The van der Waals surface area contributed by atoms with Gasteiger partial charge < -0.3 is 4.79 Å². The van der Waals surface area contributed by atoms with E-state index in [1.54, 1.807) is 0 Å². The van der Waals surface area contributed by atoms with Crippen LogP contribution in [0.5, 0.6) is 0 Å². The van der Waals surface area contributed by atoms with Gasteiger partial charge in [0.15, 0.2) is 0 Å². The van der Waals surface area contributed by atoms with Gasteiger partial charge in [-0.2, -0.15) is 8.42 Å². The van der Waals surface area contributed by atoms with Crippen molar-refractivity contribution in [2.75, 3.05) is 12.9 Å². The van der Waals surface area contributed by atoms with E-state index in [4.69, 9.17) is 0 Å². The molecule has 4 nitrogen and oxygen atoms in total. The minimum absolute atomic E-state index is 0.0532.